The summed E-state index contributed by atoms with van der Waals surface area (Å²) in [5.41, 5.74) is 6.42. The summed E-state index contributed by atoms with van der Waals surface area (Å²) >= 11 is 0. The standard InChI is InChI=1S/C15H31N3/c1-15(2,3)10-14(11-16)18-9-5-8-17-7-4-6-13(17)12-18/h13-14H,4-12,16H2,1-3H3. The van der Waals surface area contributed by atoms with Gasteiger partial charge >= 0.3 is 0 Å². The second-order valence-corrected chi connectivity index (χ2v) is 7.33. The van der Waals surface area contributed by atoms with Gasteiger partial charge in [-0.15, -0.1) is 0 Å². The molecule has 2 aliphatic heterocycles. The van der Waals surface area contributed by atoms with Crippen molar-refractivity contribution in [3.63, 3.8) is 0 Å². The van der Waals surface area contributed by atoms with Crippen LogP contribution < -0.4 is 5.73 Å². The van der Waals surface area contributed by atoms with Gasteiger partial charge in [0.15, 0.2) is 0 Å². The van der Waals surface area contributed by atoms with Crippen molar-refractivity contribution >= 4 is 0 Å². The third-order valence-electron chi connectivity index (χ3n) is 4.47. The van der Waals surface area contributed by atoms with Crippen molar-refractivity contribution in [2.45, 2.75) is 58.5 Å². The van der Waals surface area contributed by atoms with E-state index in [0.29, 0.717) is 11.5 Å². The van der Waals surface area contributed by atoms with E-state index in [1.54, 1.807) is 0 Å². The van der Waals surface area contributed by atoms with Crippen LogP contribution in [0, 0.1) is 5.41 Å². The molecule has 2 unspecified atom stereocenters. The van der Waals surface area contributed by atoms with Crippen LogP contribution in [0.3, 0.4) is 0 Å². The molecule has 2 saturated heterocycles. The molecule has 2 heterocycles. The van der Waals surface area contributed by atoms with Crippen molar-refractivity contribution in [3.8, 4) is 0 Å². The van der Waals surface area contributed by atoms with E-state index in [2.05, 4.69) is 30.6 Å². The first-order chi connectivity index (χ1) is 8.49. The molecule has 2 atom stereocenters. The van der Waals surface area contributed by atoms with Gasteiger partial charge in [0.05, 0.1) is 0 Å². The first kappa shape index (κ1) is 14.3. The van der Waals surface area contributed by atoms with E-state index in [9.17, 15) is 0 Å². The lowest BCUT2D eigenvalue weighted by molar-refractivity contribution is 0.139. The van der Waals surface area contributed by atoms with Gasteiger partial charge in [-0.1, -0.05) is 20.8 Å². The Labute approximate surface area is 113 Å². The Bertz CT molecular complexity index is 259. The molecule has 0 saturated carbocycles. The average Bonchev–Trinajstić information content (AvgIpc) is 2.62. The summed E-state index contributed by atoms with van der Waals surface area (Å²) in [4.78, 5) is 5.38. The topological polar surface area (TPSA) is 32.5 Å². The quantitative estimate of drug-likeness (QED) is 0.834. The maximum atomic E-state index is 6.04. The van der Waals surface area contributed by atoms with Crippen LogP contribution in [0.5, 0.6) is 0 Å². The van der Waals surface area contributed by atoms with Gasteiger partial charge in [-0.3, -0.25) is 9.80 Å². The SMILES string of the molecule is CC(C)(C)CC(CN)N1CCCN2CCCC2C1. The molecule has 0 bridgehead atoms. The zero-order chi connectivity index (χ0) is 13.2. The van der Waals surface area contributed by atoms with Crippen LogP contribution in [0.4, 0.5) is 0 Å². The Morgan fingerprint density at radius 2 is 1.89 bits per heavy atom. The van der Waals surface area contributed by atoms with Crippen molar-refractivity contribution in [3.05, 3.63) is 0 Å². The highest BCUT2D eigenvalue weighted by atomic mass is 15.3. The minimum absolute atomic E-state index is 0.381. The fraction of sp³-hybridized carbons (Fsp3) is 1.00. The Balaban J connectivity index is 1.97. The number of rotatable bonds is 3. The van der Waals surface area contributed by atoms with Gasteiger partial charge in [0.25, 0.3) is 0 Å². The third kappa shape index (κ3) is 3.69. The molecule has 0 amide bonds. The molecule has 2 fully saturated rings. The van der Waals surface area contributed by atoms with Crippen molar-refractivity contribution in [1.29, 1.82) is 0 Å². The maximum absolute atomic E-state index is 6.04. The predicted molar refractivity (Wildman–Crippen MR) is 77.7 cm³/mol. The fourth-order valence-electron chi connectivity index (χ4n) is 3.64. The van der Waals surface area contributed by atoms with Gasteiger partial charge in [0.1, 0.15) is 0 Å². The summed E-state index contributed by atoms with van der Waals surface area (Å²) in [5, 5.41) is 0. The molecule has 0 aromatic carbocycles. The molecule has 106 valence electrons. The Hall–Kier alpha value is -0.120. The zero-order valence-corrected chi connectivity index (χ0v) is 12.5. The highest BCUT2D eigenvalue weighted by Crippen LogP contribution is 2.27. The highest BCUT2D eigenvalue weighted by Gasteiger charge is 2.32. The largest absolute Gasteiger partial charge is 0.329 e. The van der Waals surface area contributed by atoms with Gasteiger partial charge in [-0.2, -0.15) is 0 Å². The van der Waals surface area contributed by atoms with E-state index >= 15 is 0 Å². The van der Waals surface area contributed by atoms with Crippen LogP contribution in [0.15, 0.2) is 0 Å². The van der Waals surface area contributed by atoms with Gasteiger partial charge in [-0.05, 0) is 50.7 Å². The Morgan fingerprint density at radius 3 is 2.56 bits per heavy atom. The van der Waals surface area contributed by atoms with Crippen LogP contribution >= 0.6 is 0 Å². The summed E-state index contributed by atoms with van der Waals surface area (Å²) in [5.74, 6) is 0. The van der Waals surface area contributed by atoms with Crippen LogP contribution in [0.25, 0.3) is 0 Å². The number of nitrogens with two attached hydrogens (primary N) is 1. The van der Waals surface area contributed by atoms with Gasteiger partial charge in [-0.25, -0.2) is 0 Å². The lowest BCUT2D eigenvalue weighted by Crippen LogP contribution is -2.46. The number of hydrogen-bond acceptors (Lipinski definition) is 3. The van der Waals surface area contributed by atoms with Gasteiger partial charge in [0, 0.05) is 25.2 Å². The molecule has 0 radical (unpaired) electrons. The second-order valence-electron chi connectivity index (χ2n) is 7.33. The van der Waals surface area contributed by atoms with Gasteiger partial charge in [0.2, 0.25) is 0 Å². The van der Waals surface area contributed by atoms with Crippen molar-refractivity contribution in [2.75, 3.05) is 32.7 Å². The number of fused-ring (bicyclic) bond motifs is 1. The summed E-state index contributed by atoms with van der Waals surface area (Å²) in [6, 6.07) is 1.38. The smallest absolute Gasteiger partial charge is 0.0224 e. The molecule has 0 spiro atoms. The minimum atomic E-state index is 0.381. The first-order valence-electron chi connectivity index (χ1n) is 7.68. The first-order valence-corrected chi connectivity index (χ1v) is 7.68. The zero-order valence-electron chi connectivity index (χ0n) is 12.5. The molecule has 0 aromatic rings. The van der Waals surface area contributed by atoms with Crippen molar-refractivity contribution < 1.29 is 0 Å². The minimum Gasteiger partial charge on any atom is -0.329 e. The lowest BCUT2D eigenvalue weighted by Gasteiger charge is -2.35. The van der Waals surface area contributed by atoms with Gasteiger partial charge < -0.3 is 5.73 Å². The van der Waals surface area contributed by atoms with Crippen LogP contribution in [0.1, 0.15) is 46.5 Å². The predicted octanol–water partition coefficient (Wildman–Crippen LogP) is 1.92. The van der Waals surface area contributed by atoms with Crippen molar-refractivity contribution in [1.82, 2.24) is 9.80 Å². The summed E-state index contributed by atoms with van der Waals surface area (Å²) < 4.78 is 0. The molecule has 2 N–H and O–H groups in total. The van der Waals surface area contributed by atoms with Crippen LogP contribution in [0.2, 0.25) is 0 Å². The number of hydrogen-bond donors (Lipinski definition) is 1. The molecule has 3 heteroatoms. The van der Waals surface area contributed by atoms with E-state index in [1.807, 2.05) is 0 Å². The third-order valence-corrected chi connectivity index (χ3v) is 4.47. The number of nitrogens with zero attached hydrogens (tertiary/aromatic N) is 2. The molecule has 2 aliphatic rings. The molecule has 18 heavy (non-hydrogen) atoms. The van der Waals surface area contributed by atoms with Crippen LogP contribution in [-0.2, 0) is 0 Å². The van der Waals surface area contributed by atoms with E-state index in [4.69, 9.17) is 5.73 Å². The lowest BCUT2D eigenvalue weighted by atomic mass is 9.87. The monoisotopic (exact) mass is 253 g/mol. The summed E-state index contributed by atoms with van der Waals surface area (Å²) in [7, 11) is 0. The summed E-state index contributed by atoms with van der Waals surface area (Å²) in [6.45, 7) is 12.9. The van der Waals surface area contributed by atoms with E-state index in [-0.39, 0.29) is 0 Å². The van der Waals surface area contributed by atoms with Crippen LogP contribution in [-0.4, -0.2) is 54.6 Å². The molecular formula is C15H31N3. The molecular weight excluding hydrogens is 222 g/mol. The molecule has 0 aromatic heterocycles. The van der Waals surface area contributed by atoms with E-state index in [1.165, 1.54) is 51.9 Å². The second kappa shape index (κ2) is 5.89. The van der Waals surface area contributed by atoms with E-state index < -0.39 is 0 Å². The Morgan fingerprint density at radius 1 is 1.17 bits per heavy atom. The summed E-state index contributed by atoms with van der Waals surface area (Å²) in [6.07, 6.45) is 5.32. The molecule has 2 rings (SSSR count). The van der Waals surface area contributed by atoms with E-state index in [0.717, 1.165) is 12.6 Å². The highest BCUT2D eigenvalue weighted by molar-refractivity contribution is 4.88. The molecule has 3 nitrogen and oxygen atoms in total. The maximum Gasteiger partial charge on any atom is 0.0224 e. The normalized spacial score (nSPS) is 29.0. The molecule has 0 aliphatic carbocycles. The average molecular weight is 253 g/mol. The Kier molecular flexibility index (Phi) is 4.68. The van der Waals surface area contributed by atoms with Crippen molar-refractivity contribution in [2.24, 2.45) is 11.1 Å². The fourth-order valence-corrected chi connectivity index (χ4v) is 3.64.